The third-order valence-corrected chi connectivity index (χ3v) is 6.17. The molecule has 200 valence electrons. The van der Waals surface area contributed by atoms with Gasteiger partial charge in [-0.15, -0.1) is 0 Å². The van der Waals surface area contributed by atoms with E-state index in [0.717, 1.165) is 4.68 Å². The van der Waals surface area contributed by atoms with Gasteiger partial charge in [-0.2, -0.15) is 14.9 Å². The van der Waals surface area contributed by atoms with Crippen LogP contribution in [0, 0.1) is 0 Å². The van der Waals surface area contributed by atoms with Crippen molar-refractivity contribution in [2.45, 2.75) is 38.3 Å². The maximum absolute atomic E-state index is 13.5. The molecule has 0 spiro atoms. The SMILES string of the molecule is Cn1cc(-n2nc(-c3ccc(Cl)cc3)cc(C(=O)NC3(C(=O)O)CCN(C(=O)OC(C)(C)C)C3)c2=O)cn1. The summed E-state index contributed by atoms with van der Waals surface area (Å²) >= 11 is 6.00. The molecule has 0 radical (unpaired) electrons. The molecule has 12 nitrogen and oxygen atoms in total. The van der Waals surface area contributed by atoms with Crippen LogP contribution in [0.4, 0.5) is 4.79 Å². The number of benzene rings is 1. The number of hydrogen-bond acceptors (Lipinski definition) is 7. The number of aryl methyl sites for hydroxylation is 1. The smallest absolute Gasteiger partial charge is 0.410 e. The van der Waals surface area contributed by atoms with Crippen molar-refractivity contribution in [2.24, 2.45) is 7.05 Å². The molecule has 3 aromatic rings. The summed E-state index contributed by atoms with van der Waals surface area (Å²) in [6.45, 7) is 4.81. The van der Waals surface area contributed by atoms with Gasteiger partial charge in [-0.05, 0) is 39.0 Å². The van der Waals surface area contributed by atoms with Crippen molar-refractivity contribution in [2.75, 3.05) is 13.1 Å². The lowest BCUT2D eigenvalue weighted by Crippen LogP contribution is -2.57. The van der Waals surface area contributed by atoms with Gasteiger partial charge in [-0.1, -0.05) is 23.7 Å². The number of amides is 2. The molecule has 13 heteroatoms. The van der Waals surface area contributed by atoms with Crippen LogP contribution in [0.25, 0.3) is 16.9 Å². The summed E-state index contributed by atoms with van der Waals surface area (Å²) in [5.41, 5.74) is -2.52. The Balaban J connectivity index is 1.72. The fourth-order valence-corrected chi connectivity index (χ4v) is 4.14. The number of carbonyl (C=O) groups is 3. The van der Waals surface area contributed by atoms with Crippen LogP contribution in [-0.2, 0) is 16.6 Å². The van der Waals surface area contributed by atoms with E-state index >= 15 is 0 Å². The van der Waals surface area contributed by atoms with Gasteiger partial charge in [0.2, 0.25) is 0 Å². The van der Waals surface area contributed by atoms with Gasteiger partial charge in [0.25, 0.3) is 11.5 Å². The predicted molar refractivity (Wildman–Crippen MR) is 137 cm³/mol. The molecular weight excluding hydrogens is 516 g/mol. The summed E-state index contributed by atoms with van der Waals surface area (Å²) in [5.74, 6) is -2.25. The number of aromatic nitrogens is 4. The maximum atomic E-state index is 13.5. The Morgan fingerprint density at radius 1 is 1.18 bits per heavy atom. The highest BCUT2D eigenvalue weighted by Crippen LogP contribution is 2.25. The first-order valence-corrected chi connectivity index (χ1v) is 12.1. The summed E-state index contributed by atoms with van der Waals surface area (Å²) in [6.07, 6.45) is 2.20. The monoisotopic (exact) mass is 542 g/mol. The summed E-state index contributed by atoms with van der Waals surface area (Å²) < 4.78 is 7.85. The summed E-state index contributed by atoms with van der Waals surface area (Å²) in [6, 6.07) is 7.93. The van der Waals surface area contributed by atoms with Crippen LogP contribution < -0.4 is 10.9 Å². The van der Waals surface area contributed by atoms with E-state index in [2.05, 4.69) is 15.5 Å². The Labute approximate surface area is 222 Å². The molecule has 1 unspecified atom stereocenters. The quantitative estimate of drug-likeness (QED) is 0.499. The molecule has 1 aromatic carbocycles. The Kier molecular flexibility index (Phi) is 7.02. The number of carbonyl (C=O) groups excluding carboxylic acids is 2. The number of carboxylic acids is 1. The molecule has 3 heterocycles. The number of likely N-dealkylation sites (tertiary alicyclic amines) is 1. The summed E-state index contributed by atoms with van der Waals surface area (Å²) in [5, 5.41) is 21.5. The van der Waals surface area contributed by atoms with E-state index in [9.17, 15) is 24.3 Å². The van der Waals surface area contributed by atoms with Crippen molar-refractivity contribution in [3.05, 3.63) is 63.7 Å². The van der Waals surface area contributed by atoms with Crippen LogP contribution in [0.3, 0.4) is 0 Å². The number of halogens is 1. The molecule has 1 saturated heterocycles. The van der Waals surface area contributed by atoms with E-state index in [-0.39, 0.29) is 30.8 Å². The first-order chi connectivity index (χ1) is 17.8. The van der Waals surface area contributed by atoms with Crippen molar-refractivity contribution in [1.82, 2.24) is 29.8 Å². The molecular formula is C25H27ClN6O6. The molecule has 4 rings (SSSR count). The third kappa shape index (κ3) is 5.54. The number of nitrogens with zero attached hydrogens (tertiary/aromatic N) is 5. The molecule has 0 bridgehead atoms. The highest BCUT2D eigenvalue weighted by atomic mass is 35.5. The second-order valence-corrected chi connectivity index (χ2v) is 10.5. The number of rotatable bonds is 5. The molecule has 0 aliphatic carbocycles. The highest BCUT2D eigenvalue weighted by molar-refractivity contribution is 6.30. The van der Waals surface area contributed by atoms with E-state index in [1.165, 1.54) is 21.8 Å². The van der Waals surface area contributed by atoms with Gasteiger partial charge in [-0.25, -0.2) is 9.59 Å². The zero-order chi connectivity index (χ0) is 27.8. The van der Waals surface area contributed by atoms with E-state index in [4.69, 9.17) is 16.3 Å². The number of nitrogens with one attached hydrogen (secondary N) is 1. The summed E-state index contributed by atoms with van der Waals surface area (Å²) in [4.78, 5) is 52.9. The minimum Gasteiger partial charge on any atom is -0.479 e. The first kappa shape index (κ1) is 26.9. The van der Waals surface area contributed by atoms with Gasteiger partial charge in [0, 0.05) is 30.6 Å². The maximum Gasteiger partial charge on any atom is 0.410 e. The fourth-order valence-electron chi connectivity index (χ4n) is 4.02. The lowest BCUT2D eigenvalue weighted by molar-refractivity contribution is -0.143. The minimum absolute atomic E-state index is 0.0494. The predicted octanol–water partition coefficient (Wildman–Crippen LogP) is 2.48. The number of carboxylic acid groups (broad SMARTS) is 1. The topological polar surface area (TPSA) is 149 Å². The molecule has 1 atom stereocenters. The van der Waals surface area contributed by atoms with Crippen LogP contribution in [0.5, 0.6) is 0 Å². The number of hydrogen-bond donors (Lipinski definition) is 2. The first-order valence-electron chi connectivity index (χ1n) is 11.7. The second-order valence-electron chi connectivity index (χ2n) is 10.0. The Morgan fingerprint density at radius 2 is 1.87 bits per heavy atom. The molecule has 1 aliphatic heterocycles. The van der Waals surface area contributed by atoms with E-state index < -0.39 is 34.7 Å². The van der Waals surface area contributed by atoms with Gasteiger partial charge >= 0.3 is 12.1 Å². The Bertz CT molecular complexity index is 1460. The molecule has 2 amide bonds. The van der Waals surface area contributed by atoms with Crippen molar-refractivity contribution in [1.29, 1.82) is 0 Å². The zero-order valence-electron chi connectivity index (χ0n) is 21.3. The van der Waals surface area contributed by atoms with Crippen LogP contribution in [0.2, 0.25) is 5.02 Å². The van der Waals surface area contributed by atoms with Crippen LogP contribution >= 0.6 is 11.6 Å². The van der Waals surface area contributed by atoms with Gasteiger partial charge in [0.05, 0.1) is 24.6 Å². The normalized spacial score (nSPS) is 17.3. The largest absolute Gasteiger partial charge is 0.479 e. The molecule has 0 saturated carbocycles. The van der Waals surface area contributed by atoms with Gasteiger partial charge in [0.1, 0.15) is 16.9 Å². The lowest BCUT2D eigenvalue weighted by Gasteiger charge is -2.27. The van der Waals surface area contributed by atoms with Crippen LogP contribution in [0.1, 0.15) is 37.6 Å². The Morgan fingerprint density at radius 3 is 2.45 bits per heavy atom. The van der Waals surface area contributed by atoms with Crippen molar-refractivity contribution < 1.29 is 24.2 Å². The molecule has 2 N–H and O–H groups in total. The molecule has 38 heavy (non-hydrogen) atoms. The van der Waals surface area contributed by atoms with Crippen molar-refractivity contribution >= 4 is 29.6 Å². The standard InChI is InChI=1S/C25H27ClN6O6/c1-24(2,3)38-23(37)31-10-9-25(14-31,22(35)36)28-20(33)18-11-19(15-5-7-16(26)8-6-15)29-32(21(18)34)17-12-27-30(4)13-17/h5-8,11-13H,9-10,14H2,1-4H3,(H,28,33)(H,35,36). The molecule has 1 aliphatic rings. The van der Waals surface area contributed by atoms with Crippen LogP contribution in [0.15, 0.2) is 47.5 Å². The van der Waals surface area contributed by atoms with Gasteiger partial charge in [-0.3, -0.25) is 14.3 Å². The van der Waals surface area contributed by atoms with Gasteiger partial charge in [0.15, 0.2) is 5.54 Å². The second kappa shape index (κ2) is 9.93. The average Bonchev–Trinajstić information content (AvgIpc) is 3.46. The fraction of sp³-hybridized carbons (Fsp3) is 0.360. The Hall–Kier alpha value is -4.19. The van der Waals surface area contributed by atoms with E-state index in [0.29, 0.717) is 16.3 Å². The van der Waals surface area contributed by atoms with Crippen LogP contribution in [-0.4, -0.2) is 71.8 Å². The van der Waals surface area contributed by atoms with Crippen molar-refractivity contribution in [3.8, 4) is 16.9 Å². The van der Waals surface area contributed by atoms with E-state index in [1.807, 2.05) is 0 Å². The van der Waals surface area contributed by atoms with Crippen molar-refractivity contribution in [3.63, 3.8) is 0 Å². The number of aliphatic carboxylic acids is 1. The zero-order valence-corrected chi connectivity index (χ0v) is 22.0. The molecule has 2 aromatic heterocycles. The minimum atomic E-state index is -1.82. The highest BCUT2D eigenvalue weighted by Gasteiger charge is 2.48. The number of ether oxygens (including phenoxy) is 1. The molecule has 1 fully saturated rings. The lowest BCUT2D eigenvalue weighted by atomic mass is 9.98. The summed E-state index contributed by atoms with van der Waals surface area (Å²) in [7, 11) is 1.67. The van der Waals surface area contributed by atoms with E-state index in [1.54, 1.807) is 58.3 Å². The van der Waals surface area contributed by atoms with Gasteiger partial charge < -0.3 is 20.1 Å². The third-order valence-electron chi connectivity index (χ3n) is 5.92. The average molecular weight is 543 g/mol.